The van der Waals surface area contributed by atoms with Crippen LogP contribution in [0.15, 0.2) is 12.4 Å². The van der Waals surface area contributed by atoms with Crippen molar-refractivity contribution in [1.82, 2.24) is 15.1 Å². The van der Waals surface area contributed by atoms with Gasteiger partial charge in [-0.05, 0) is 18.4 Å². The Morgan fingerprint density at radius 1 is 1.44 bits per heavy atom. The Kier molecular flexibility index (Phi) is 5.49. The van der Waals surface area contributed by atoms with E-state index in [9.17, 15) is 0 Å². The minimum Gasteiger partial charge on any atom is -0.394 e. The average Bonchev–Trinajstić information content (AvgIpc) is 2.66. The van der Waals surface area contributed by atoms with Gasteiger partial charge in [-0.2, -0.15) is 5.10 Å². The molecule has 0 saturated heterocycles. The number of hydrogen-bond acceptors (Lipinski definition) is 3. The molecule has 4 heteroatoms. The zero-order valence-corrected chi connectivity index (χ0v) is 10.5. The van der Waals surface area contributed by atoms with Crippen molar-refractivity contribution in [3.05, 3.63) is 18.0 Å². The summed E-state index contributed by atoms with van der Waals surface area (Å²) < 4.78 is 1.77. The van der Waals surface area contributed by atoms with Crippen LogP contribution < -0.4 is 5.32 Å². The molecule has 92 valence electrons. The molecule has 1 rings (SSSR count). The molecule has 1 unspecified atom stereocenters. The monoisotopic (exact) mass is 225 g/mol. The molecule has 1 aromatic heterocycles. The molecule has 0 aliphatic heterocycles. The number of aliphatic hydroxyl groups is 1. The molecule has 4 nitrogen and oxygen atoms in total. The van der Waals surface area contributed by atoms with E-state index in [4.69, 9.17) is 5.11 Å². The molecule has 2 N–H and O–H groups in total. The number of aliphatic hydroxyl groups excluding tert-OH is 1. The lowest BCUT2D eigenvalue weighted by molar-refractivity contribution is 0.269. The van der Waals surface area contributed by atoms with E-state index in [0.717, 1.165) is 13.1 Å². The highest BCUT2D eigenvalue weighted by molar-refractivity contribution is 5.03. The number of rotatable bonds is 7. The highest BCUT2D eigenvalue weighted by Gasteiger charge is 2.06. The van der Waals surface area contributed by atoms with Gasteiger partial charge in [0.1, 0.15) is 0 Å². The Balaban J connectivity index is 2.26. The fourth-order valence-electron chi connectivity index (χ4n) is 1.40. The summed E-state index contributed by atoms with van der Waals surface area (Å²) in [6.07, 6.45) is 3.83. The summed E-state index contributed by atoms with van der Waals surface area (Å²) >= 11 is 0. The van der Waals surface area contributed by atoms with Crippen molar-refractivity contribution in [2.45, 2.75) is 33.9 Å². The molecule has 1 atom stereocenters. The van der Waals surface area contributed by atoms with Crippen LogP contribution in [0.4, 0.5) is 0 Å². The lowest BCUT2D eigenvalue weighted by atomic mass is 9.98. The molecule has 0 aliphatic rings. The van der Waals surface area contributed by atoms with Gasteiger partial charge in [0.2, 0.25) is 0 Å². The normalized spacial score (nSPS) is 13.3. The van der Waals surface area contributed by atoms with Crippen LogP contribution in [0, 0.1) is 11.8 Å². The lowest BCUT2D eigenvalue weighted by Gasteiger charge is -2.15. The van der Waals surface area contributed by atoms with E-state index in [1.54, 1.807) is 4.68 Å². The first-order valence-corrected chi connectivity index (χ1v) is 5.96. The van der Waals surface area contributed by atoms with Crippen LogP contribution in [0.5, 0.6) is 0 Å². The van der Waals surface area contributed by atoms with E-state index >= 15 is 0 Å². The molecule has 0 amide bonds. The Bertz CT molecular complexity index is 296. The van der Waals surface area contributed by atoms with Crippen molar-refractivity contribution < 1.29 is 5.11 Å². The zero-order valence-electron chi connectivity index (χ0n) is 10.5. The van der Waals surface area contributed by atoms with Crippen molar-refractivity contribution in [3.63, 3.8) is 0 Å². The first-order valence-electron chi connectivity index (χ1n) is 5.96. The van der Waals surface area contributed by atoms with Gasteiger partial charge in [0.05, 0.1) is 19.3 Å². The summed E-state index contributed by atoms with van der Waals surface area (Å²) in [4.78, 5) is 0. The molecule has 1 aromatic rings. The molecule has 1 heterocycles. The van der Waals surface area contributed by atoms with E-state index in [-0.39, 0.29) is 6.61 Å². The minimum atomic E-state index is 0.138. The van der Waals surface area contributed by atoms with Crippen LogP contribution in [0.25, 0.3) is 0 Å². The van der Waals surface area contributed by atoms with Gasteiger partial charge >= 0.3 is 0 Å². The molecule has 0 spiro atoms. The maximum atomic E-state index is 8.76. The SMILES string of the molecule is CC(C)C(C)CNCc1cnn(CCO)c1. The Labute approximate surface area is 97.7 Å². The molecule has 0 aromatic carbocycles. The average molecular weight is 225 g/mol. The molecule has 0 aliphatic carbocycles. The summed E-state index contributed by atoms with van der Waals surface area (Å²) in [5.41, 5.74) is 1.17. The Hall–Kier alpha value is -0.870. The Morgan fingerprint density at radius 2 is 2.19 bits per heavy atom. The van der Waals surface area contributed by atoms with Crippen LogP contribution in [-0.2, 0) is 13.1 Å². The van der Waals surface area contributed by atoms with Gasteiger partial charge in [-0.3, -0.25) is 4.68 Å². The van der Waals surface area contributed by atoms with Crippen molar-refractivity contribution >= 4 is 0 Å². The summed E-state index contributed by atoms with van der Waals surface area (Å²) in [7, 11) is 0. The van der Waals surface area contributed by atoms with Gasteiger partial charge in [0, 0.05) is 18.3 Å². The number of nitrogens with one attached hydrogen (secondary N) is 1. The molecule has 0 saturated carbocycles. The predicted octanol–water partition coefficient (Wildman–Crippen LogP) is 1.26. The van der Waals surface area contributed by atoms with Gasteiger partial charge in [-0.1, -0.05) is 20.8 Å². The summed E-state index contributed by atoms with van der Waals surface area (Å²) in [5, 5.41) is 16.3. The van der Waals surface area contributed by atoms with Crippen LogP contribution in [-0.4, -0.2) is 28.0 Å². The van der Waals surface area contributed by atoms with Gasteiger partial charge < -0.3 is 10.4 Å². The lowest BCUT2D eigenvalue weighted by Crippen LogP contribution is -2.23. The highest BCUT2D eigenvalue weighted by atomic mass is 16.3. The molecule has 0 bridgehead atoms. The van der Waals surface area contributed by atoms with E-state index in [0.29, 0.717) is 18.4 Å². The summed E-state index contributed by atoms with van der Waals surface area (Å²) in [6, 6.07) is 0. The second-order valence-electron chi connectivity index (χ2n) is 4.69. The van der Waals surface area contributed by atoms with Crippen LogP contribution >= 0.6 is 0 Å². The zero-order chi connectivity index (χ0) is 12.0. The first-order chi connectivity index (χ1) is 7.63. The van der Waals surface area contributed by atoms with Crippen LogP contribution in [0.1, 0.15) is 26.3 Å². The second-order valence-corrected chi connectivity index (χ2v) is 4.69. The fraction of sp³-hybridized carbons (Fsp3) is 0.750. The van der Waals surface area contributed by atoms with E-state index in [2.05, 4.69) is 31.2 Å². The highest BCUT2D eigenvalue weighted by Crippen LogP contribution is 2.08. The number of aromatic nitrogens is 2. The Morgan fingerprint density at radius 3 is 2.81 bits per heavy atom. The quantitative estimate of drug-likeness (QED) is 0.734. The third-order valence-corrected chi connectivity index (χ3v) is 2.95. The third-order valence-electron chi connectivity index (χ3n) is 2.95. The summed E-state index contributed by atoms with van der Waals surface area (Å²) in [6.45, 7) is 9.33. The van der Waals surface area contributed by atoms with Crippen molar-refractivity contribution in [2.24, 2.45) is 11.8 Å². The topological polar surface area (TPSA) is 50.1 Å². The largest absolute Gasteiger partial charge is 0.394 e. The predicted molar refractivity (Wildman–Crippen MR) is 65.0 cm³/mol. The number of nitrogens with zero attached hydrogens (tertiary/aromatic N) is 2. The van der Waals surface area contributed by atoms with Crippen molar-refractivity contribution in [3.8, 4) is 0 Å². The minimum absolute atomic E-state index is 0.138. The van der Waals surface area contributed by atoms with Gasteiger partial charge in [-0.25, -0.2) is 0 Å². The number of hydrogen-bond donors (Lipinski definition) is 2. The van der Waals surface area contributed by atoms with Gasteiger partial charge in [0.15, 0.2) is 0 Å². The molecule has 0 fully saturated rings. The van der Waals surface area contributed by atoms with Crippen LogP contribution in [0.3, 0.4) is 0 Å². The van der Waals surface area contributed by atoms with E-state index < -0.39 is 0 Å². The maximum Gasteiger partial charge on any atom is 0.0640 e. The van der Waals surface area contributed by atoms with E-state index in [1.165, 1.54) is 5.56 Å². The van der Waals surface area contributed by atoms with Gasteiger partial charge in [-0.15, -0.1) is 0 Å². The third kappa shape index (κ3) is 4.33. The first kappa shape index (κ1) is 13.2. The van der Waals surface area contributed by atoms with Crippen LogP contribution in [0.2, 0.25) is 0 Å². The molecular weight excluding hydrogens is 202 g/mol. The standard InChI is InChI=1S/C12H23N3O/c1-10(2)11(3)6-13-7-12-8-14-15(9-12)4-5-16/h8-11,13,16H,4-7H2,1-3H3. The smallest absolute Gasteiger partial charge is 0.0640 e. The molecule has 16 heavy (non-hydrogen) atoms. The van der Waals surface area contributed by atoms with E-state index in [1.807, 2.05) is 12.4 Å². The van der Waals surface area contributed by atoms with Crippen molar-refractivity contribution in [2.75, 3.05) is 13.2 Å². The molecule has 0 radical (unpaired) electrons. The van der Waals surface area contributed by atoms with Gasteiger partial charge in [0.25, 0.3) is 0 Å². The van der Waals surface area contributed by atoms with Crippen molar-refractivity contribution in [1.29, 1.82) is 0 Å². The maximum absolute atomic E-state index is 8.76. The second kappa shape index (κ2) is 6.66. The molecular formula is C12H23N3O. The summed E-state index contributed by atoms with van der Waals surface area (Å²) in [5.74, 6) is 1.40. The fourth-order valence-corrected chi connectivity index (χ4v) is 1.40.